The van der Waals surface area contributed by atoms with Gasteiger partial charge in [0.1, 0.15) is 0 Å². The molecular weight excluding hydrogens is 365 g/mol. The Bertz CT molecular complexity index is 705. The van der Waals surface area contributed by atoms with Crippen LogP contribution in [0.2, 0.25) is 0 Å². The average molecular weight is 379 g/mol. The molecule has 3 aromatic rings. The largest absolute Gasteiger partial charge is 0.309 e. The number of hydrogen-bond donors (Lipinski definition) is 1. The highest BCUT2D eigenvalue weighted by molar-refractivity contribution is 14.1. The quantitative estimate of drug-likeness (QED) is 0.644. The van der Waals surface area contributed by atoms with Crippen LogP contribution in [-0.2, 0) is 0 Å². The highest BCUT2D eigenvalue weighted by Crippen LogP contribution is 2.29. The van der Waals surface area contributed by atoms with Gasteiger partial charge < -0.3 is 5.32 Å². The predicted molar refractivity (Wildman–Crippen MR) is 91.9 cm³/mol. The van der Waals surface area contributed by atoms with Gasteiger partial charge in [0, 0.05) is 0 Å². The number of rotatable bonds is 3. The molecule has 1 heterocycles. The molecule has 1 aromatic heterocycles. The summed E-state index contributed by atoms with van der Waals surface area (Å²) in [7, 11) is 2.02. The van der Waals surface area contributed by atoms with Crippen molar-refractivity contribution in [2.75, 3.05) is 7.05 Å². The summed E-state index contributed by atoms with van der Waals surface area (Å²) >= 11 is 4.17. The molecular formula is C16H14INS. The molecule has 1 unspecified atom stereocenters. The molecule has 1 N–H and O–H groups in total. The zero-order chi connectivity index (χ0) is 13.2. The lowest BCUT2D eigenvalue weighted by atomic mass is 9.98. The predicted octanol–water partition coefficient (Wildman–Crippen LogP) is 4.81. The van der Waals surface area contributed by atoms with Gasteiger partial charge in [0.05, 0.1) is 8.93 Å². The Morgan fingerprint density at radius 1 is 1.00 bits per heavy atom. The van der Waals surface area contributed by atoms with Crippen LogP contribution in [0.3, 0.4) is 0 Å². The summed E-state index contributed by atoms with van der Waals surface area (Å²) in [5.74, 6) is 0. The van der Waals surface area contributed by atoms with Crippen LogP contribution < -0.4 is 5.32 Å². The molecule has 0 aliphatic heterocycles. The fourth-order valence-electron chi connectivity index (χ4n) is 2.39. The Morgan fingerprint density at radius 2 is 1.79 bits per heavy atom. The van der Waals surface area contributed by atoms with E-state index in [2.05, 4.69) is 81.8 Å². The summed E-state index contributed by atoms with van der Waals surface area (Å²) < 4.78 is 1.33. The molecule has 96 valence electrons. The Balaban J connectivity index is 2.06. The zero-order valence-corrected chi connectivity index (χ0v) is 13.5. The number of halogens is 1. The summed E-state index contributed by atoms with van der Waals surface area (Å²) in [6, 6.07) is 17.7. The second-order valence-electron chi connectivity index (χ2n) is 4.51. The molecule has 3 rings (SSSR count). The van der Waals surface area contributed by atoms with E-state index in [0.29, 0.717) is 0 Å². The summed E-state index contributed by atoms with van der Waals surface area (Å²) in [4.78, 5) is 0. The summed E-state index contributed by atoms with van der Waals surface area (Å²) in [6.45, 7) is 0. The number of nitrogens with one attached hydrogen (secondary N) is 1. The third-order valence-corrected chi connectivity index (χ3v) is 5.12. The van der Waals surface area contributed by atoms with Crippen LogP contribution in [0.5, 0.6) is 0 Å². The standard InChI is InChI=1S/C16H14INS/c1-18-16(14-9-15(17)19-10-14)13-7-6-11-4-2-3-5-12(11)8-13/h2-10,16,18H,1H3. The molecule has 3 heteroatoms. The van der Waals surface area contributed by atoms with Gasteiger partial charge in [0.2, 0.25) is 0 Å². The zero-order valence-electron chi connectivity index (χ0n) is 10.6. The van der Waals surface area contributed by atoms with Crippen LogP contribution in [-0.4, -0.2) is 7.05 Å². The van der Waals surface area contributed by atoms with Crippen LogP contribution in [0, 0.1) is 2.88 Å². The Morgan fingerprint density at radius 3 is 2.47 bits per heavy atom. The van der Waals surface area contributed by atoms with Crippen molar-refractivity contribution >= 4 is 44.7 Å². The Labute approximate surface area is 130 Å². The van der Waals surface area contributed by atoms with Gasteiger partial charge >= 0.3 is 0 Å². The first kappa shape index (κ1) is 13.1. The van der Waals surface area contributed by atoms with Gasteiger partial charge in [-0.1, -0.05) is 36.4 Å². The van der Waals surface area contributed by atoms with Crippen molar-refractivity contribution in [1.29, 1.82) is 0 Å². The molecule has 19 heavy (non-hydrogen) atoms. The molecule has 0 saturated carbocycles. The SMILES string of the molecule is CNC(c1csc(I)c1)c1ccc2ccccc2c1. The molecule has 2 aromatic carbocycles. The molecule has 1 atom stereocenters. The molecule has 0 aliphatic carbocycles. The van der Waals surface area contributed by atoms with Gasteiger partial charge in [0.25, 0.3) is 0 Å². The fraction of sp³-hybridized carbons (Fsp3) is 0.125. The van der Waals surface area contributed by atoms with Crippen molar-refractivity contribution in [1.82, 2.24) is 5.32 Å². The number of hydrogen-bond acceptors (Lipinski definition) is 2. The first-order valence-corrected chi connectivity index (χ1v) is 8.13. The maximum atomic E-state index is 3.42. The normalized spacial score (nSPS) is 12.7. The van der Waals surface area contributed by atoms with Crippen molar-refractivity contribution in [3.05, 3.63) is 67.9 Å². The van der Waals surface area contributed by atoms with Gasteiger partial charge in [-0.2, -0.15) is 0 Å². The fourth-order valence-corrected chi connectivity index (χ4v) is 3.79. The second kappa shape index (κ2) is 5.61. The van der Waals surface area contributed by atoms with E-state index in [0.717, 1.165) is 0 Å². The smallest absolute Gasteiger partial charge is 0.0656 e. The van der Waals surface area contributed by atoms with Crippen LogP contribution in [0.25, 0.3) is 10.8 Å². The van der Waals surface area contributed by atoms with Gasteiger partial charge in [-0.25, -0.2) is 0 Å². The van der Waals surface area contributed by atoms with Gasteiger partial charge in [-0.3, -0.25) is 0 Å². The Hall–Kier alpha value is -0.910. The molecule has 0 bridgehead atoms. The first-order chi connectivity index (χ1) is 9.28. The minimum absolute atomic E-state index is 0.268. The summed E-state index contributed by atoms with van der Waals surface area (Å²) in [5, 5.41) is 8.24. The third-order valence-electron chi connectivity index (χ3n) is 3.32. The summed E-state index contributed by atoms with van der Waals surface area (Å²) in [5.41, 5.74) is 2.66. The number of benzene rings is 2. The molecule has 0 amide bonds. The van der Waals surface area contributed by atoms with Crippen molar-refractivity contribution in [3.63, 3.8) is 0 Å². The minimum Gasteiger partial charge on any atom is -0.309 e. The van der Waals surface area contributed by atoms with Crippen molar-refractivity contribution in [2.45, 2.75) is 6.04 Å². The highest BCUT2D eigenvalue weighted by Gasteiger charge is 2.13. The number of thiophene rings is 1. The third kappa shape index (κ3) is 2.68. The monoisotopic (exact) mass is 379 g/mol. The van der Waals surface area contributed by atoms with Crippen molar-refractivity contribution in [3.8, 4) is 0 Å². The highest BCUT2D eigenvalue weighted by atomic mass is 127. The topological polar surface area (TPSA) is 12.0 Å². The maximum absolute atomic E-state index is 3.42. The lowest BCUT2D eigenvalue weighted by Crippen LogP contribution is -2.16. The molecule has 0 radical (unpaired) electrons. The van der Waals surface area contributed by atoms with Crippen LogP contribution in [0.15, 0.2) is 53.9 Å². The van der Waals surface area contributed by atoms with E-state index < -0.39 is 0 Å². The molecule has 0 spiro atoms. The van der Waals surface area contributed by atoms with E-state index in [4.69, 9.17) is 0 Å². The van der Waals surface area contributed by atoms with Crippen LogP contribution in [0.4, 0.5) is 0 Å². The Kier molecular flexibility index (Phi) is 3.86. The molecule has 0 fully saturated rings. The van der Waals surface area contributed by atoms with Crippen molar-refractivity contribution in [2.24, 2.45) is 0 Å². The van der Waals surface area contributed by atoms with E-state index in [1.807, 2.05) is 7.05 Å². The lowest BCUT2D eigenvalue weighted by Gasteiger charge is -2.16. The van der Waals surface area contributed by atoms with Crippen LogP contribution in [0.1, 0.15) is 17.2 Å². The van der Waals surface area contributed by atoms with E-state index >= 15 is 0 Å². The van der Waals surface area contributed by atoms with E-state index in [1.54, 1.807) is 11.3 Å². The van der Waals surface area contributed by atoms with Crippen LogP contribution >= 0.6 is 33.9 Å². The number of fused-ring (bicyclic) bond motifs is 1. The van der Waals surface area contributed by atoms with E-state index in [-0.39, 0.29) is 6.04 Å². The van der Waals surface area contributed by atoms with Gasteiger partial charge in [0.15, 0.2) is 0 Å². The van der Waals surface area contributed by atoms with E-state index in [9.17, 15) is 0 Å². The maximum Gasteiger partial charge on any atom is 0.0656 e. The second-order valence-corrected chi connectivity index (χ2v) is 7.32. The average Bonchev–Trinajstić information content (AvgIpc) is 2.86. The molecule has 1 nitrogen and oxygen atoms in total. The van der Waals surface area contributed by atoms with Gasteiger partial charge in [-0.05, 0) is 69.1 Å². The summed E-state index contributed by atoms with van der Waals surface area (Å²) in [6.07, 6.45) is 0. The lowest BCUT2D eigenvalue weighted by molar-refractivity contribution is 0.695. The first-order valence-electron chi connectivity index (χ1n) is 6.18. The molecule has 0 aliphatic rings. The van der Waals surface area contributed by atoms with E-state index in [1.165, 1.54) is 24.8 Å². The van der Waals surface area contributed by atoms with Gasteiger partial charge in [-0.15, -0.1) is 11.3 Å². The van der Waals surface area contributed by atoms with Crippen molar-refractivity contribution < 1.29 is 0 Å². The molecule has 0 saturated heterocycles. The minimum atomic E-state index is 0.268.